The van der Waals surface area contributed by atoms with E-state index in [0.717, 1.165) is 13.1 Å². The van der Waals surface area contributed by atoms with Gasteiger partial charge >= 0.3 is 0 Å². The fourth-order valence-corrected chi connectivity index (χ4v) is 3.20. The smallest absolute Gasteiger partial charge is 0.0594 e. The predicted molar refractivity (Wildman–Crippen MR) is 71.2 cm³/mol. The lowest BCUT2D eigenvalue weighted by Crippen LogP contribution is -2.35. The van der Waals surface area contributed by atoms with Gasteiger partial charge < -0.3 is 15.0 Å². The van der Waals surface area contributed by atoms with Crippen molar-refractivity contribution in [2.75, 3.05) is 32.7 Å². The molecule has 2 rings (SSSR count). The highest BCUT2D eigenvalue weighted by atomic mass is 16.5. The summed E-state index contributed by atoms with van der Waals surface area (Å²) in [4.78, 5) is 2.56. The average molecular weight is 240 g/mol. The van der Waals surface area contributed by atoms with Crippen LogP contribution in [-0.2, 0) is 4.74 Å². The molecule has 1 N–H and O–H groups in total. The third-order valence-electron chi connectivity index (χ3n) is 4.63. The zero-order valence-corrected chi connectivity index (χ0v) is 11.6. The second-order valence-corrected chi connectivity index (χ2v) is 5.82. The minimum absolute atomic E-state index is 0.416. The second-order valence-electron chi connectivity index (χ2n) is 5.82. The van der Waals surface area contributed by atoms with Crippen LogP contribution in [0.5, 0.6) is 0 Å². The molecule has 3 heteroatoms. The van der Waals surface area contributed by atoms with Gasteiger partial charge in [0.15, 0.2) is 0 Å². The SMILES string of the molecule is CC1OC(C)C(CNCCN2CCCC2)C1C. The third kappa shape index (κ3) is 3.43. The van der Waals surface area contributed by atoms with Crippen molar-refractivity contribution in [1.82, 2.24) is 10.2 Å². The Kier molecular flexibility index (Phi) is 4.83. The second kappa shape index (κ2) is 6.17. The predicted octanol–water partition coefficient (Wildman–Crippen LogP) is 1.73. The van der Waals surface area contributed by atoms with Crippen molar-refractivity contribution in [3.63, 3.8) is 0 Å². The van der Waals surface area contributed by atoms with Crippen molar-refractivity contribution in [1.29, 1.82) is 0 Å². The largest absolute Gasteiger partial charge is 0.375 e. The summed E-state index contributed by atoms with van der Waals surface area (Å²) in [5.41, 5.74) is 0. The summed E-state index contributed by atoms with van der Waals surface area (Å²) in [6.45, 7) is 12.8. The number of nitrogens with zero attached hydrogens (tertiary/aromatic N) is 1. The van der Waals surface area contributed by atoms with Gasteiger partial charge in [-0.1, -0.05) is 6.92 Å². The number of hydrogen-bond acceptors (Lipinski definition) is 3. The number of rotatable bonds is 5. The lowest BCUT2D eigenvalue weighted by atomic mass is 9.89. The topological polar surface area (TPSA) is 24.5 Å². The molecule has 2 heterocycles. The van der Waals surface area contributed by atoms with Crippen molar-refractivity contribution in [2.24, 2.45) is 11.8 Å². The number of nitrogens with one attached hydrogen (secondary N) is 1. The zero-order chi connectivity index (χ0) is 12.3. The summed E-state index contributed by atoms with van der Waals surface area (Å²) in [6, 6.07) is 0. The molecule has 0 aromatic carbocycles. The van der Waals surface area contributed by atoms with Gasteiger partial charge in [-0.05, 0) is 45.7 Å². The van der Waals surface area contributed by atoms with Gasteiger partial charge in [-0.2, -0.15) is 0 Å². The normalized spacial score (nSPS) is 39.0. The van der Waals surface area contributed by atoms with Gasteiger partial charge in [-0.3, -0.25) is 0 Å². The van der Waals surface area contributed by atoms with Crippen LogP contribution < -0.4 is 5.32 Å². The van der Waals surface area contributed by atoms with Gasteiger partial charge in [0.25, 0.3) is 0 Å². The lowest BCUT2D eigenvalue weighted by Gasteiger charge is -2.20. The Bertz CT molecular complexity index is 228. The summed E-state index contributed by atoms with van der Waals surface area (Å²) in [6.07, 6.45) is 3.62. The van der Waals surface area contributed by atoms with Crippen LogP contribution in [0.1, 0.15) is 33.6 Å². The van der Waals surface area contributed by atoms with Gasteiger partial charge in [0.2, 0.25) is 0 Å². The molecule has 0 bridgehead atoms. The van der Waals surface area contributed by atoms with E-state index in [1.54, 1.807) is 0 Å². The van der Waals surface area contributed by atoms with Crippen molar-refractivity contribution in [3.05, 3.63) is 0 Å². The molecule has 2 saturated heterocycles. The van der Waals surface area contributed by atoms with E-state index < -0.39 is 0 Å². The standard InChI is InChI=1S/C14H28N2O/c1-11-12(2)17-13(3)14(11)10-15-6-9-16-7-4-5-8-16/h11-15H,4-10H2,1-3H3. The van der Waals surface area contributed by atoms with Crippen LogP contribution in [-0.4, -0.2) is 49.8 Å². The molecule has 2 aliphatic heterocycles. The van der Waals surface area contributed by atoms with E-state index in [0.29, 0.717) is 24.0 Å². The Labute approximate surface area is 106 Å². The molecule has 100 valence electrons. The van der Waals surface area contributed by atoms with Crippen LogP contribution in [0.4, 0.5) is 0 Å². The van der Waals surface area contributed by atoms with E-state index in [1.165, 1.54) is 32.5 Å². The van der Waals surface area contributed by atoms with Crippen molar-refractivity contribution in [3.8, 4) is 0 Å². The van der Waals surface area contributed by atoms with E-state index in [1.807, 2.05) is 0 Å². The molecule has 0 saturated carbocycles. The van der Waals surface area contributed by atoms with Crippen LogP contribution in [0.25, 0.3) is 0 Å². The van der Waals surface area contributed by atoms with Crippen molar-refractivity contribution >= 4 is 0 Å². The Morgan fingerprint density at radius 2 is 1.82 bits per heavy atom. The van der Waals surface area contributed by atoms with Crippen molar-refractivity contribution in [2.45, 2.75) is 45.8 Å². The first-order chi connectivity index (χ1) is 8.18. The molecule has 2 aliphatic rings. The minimum Gasteiger partial charge on any atom is -0.375 e. The van der Waals surface area contributed by atoms with Gasteiger partial charge in [-0.15, -0.1) is 0 Å². The lowest BCUT2D eigenvalue weighted by molar-refractivity contribution is 0.0511. The van der Waals surface area contributed by atoms with Gasteiger partial charge in [0, 0.05) is 25.6 Å². The maximum atomic E-state index is 5.87. The van der Waals surface area contributed by atoms with Crippen LogP contribution >= 0.6 is 0 Å². The van der Waals surface area contributed by atoms with E-state index in [-0.39, 0.29) is 0 Å². The van der Waals surface area contributed by atoms with Gasteiger partial charge in [0.1, 0.15) is 0 Å². The van der Waals surface area contributed by atoms with E-state index in [9.17, 15) is 0 Å². The highest BCUT2D eigenvalue weighted by Crippen LogP contribution is 2.31. The Hall–Kier alpha value is -0.120. The number of hydrogen-bond donors (Lipinski definition) is 1. The first kappa shape index (κ1) is 13.3. The van der Waals surface area contributed by atoms with Crippen molar-refractivity contribution < 1.29 is 4.74 Å². The minimum atomic E-state index is 0.416. The molecule has 0 radical (unpaired) electrons. The highest BCUT2D eigenvalue weighted by Gasteiger charge is 2.36. The molecule has 0 spiro atoms. The fraction of sp³-hybridized carbons (Fsp3) is 1.00. The highest BCUT2D eigenvalue weighted by molar-refractivity contribution is 4.85. The Morgan fingerprint density at radius 1 is 1.12 bits per heavy atom. The number of likely N-dealkylation sites (tertiary alicyclic amines) is 1. The molecule has 2 fully saturated rings. The molecule has 0 aromatic heterocycles. The molecular weight excluding hydrogens is 212 g/mol. The monoisotopic (exact) mass is 240 g/mol. The fourth-order valence-electron chi connectivity index (χ4n) is 3.20. The first-order valence-corrected chi connectivity index (χ1v) is 7.27. The van der Waals surface area contributed by atoms with E-state index in [4.69, 9.17) is 4.74 Å². The Morgan fingerprint density at radius 3 is 2.41 bits per heavy atom. The average Bonchev–Trinajstić information content (AvgIpc) is 2.87. The first-order valence-electron chi connectivity index (χ1n) is 7.27. The summed E-state index contributed by atoms with van der Waals surface area (Å²) >= 11 is 0. The van der Waals surface area contributed by atoms with Crippen LogP contribution in [0, 0.1) is 11.8 Å². The van der Waals surface area contributed by atoms with Crippen LogP contribution in [0.2, 0.25) is 0 Å². The molecule has 4 unspecified atom stereocenters. The summed E-state index contributed by atoms with van der Waals surface area (Å²) in [7, 11) is 0. The van der Waals surface area contributed by atoms with Gasteiger partial charge in [0.05, 0.1) is 12.2 Å². The van der Waals surface area contributed by atoms with E-state index in [2.05, 4.69) is 31.0 Å². The molecule has 17 heavy (non-hydrogen) atoms. The summed E-state index contributed by atoms with van der Waals surface area (Å²) in [5.74, 6) is 1.37. The molecule has 0 aromatic rings. The van der Waals surface area contributed by atoms with Crippen LogP contribution in [0.3, 0.4) is 0 Å². The summed E-state index contributed by atoms with van der Waals surface area (Å²) in [5, 5.41) is 3.61. The van der Waals surface area contributed by atoms with Gasteiger partial charge in [-0.25, -0.2) is 0 Å². The molecule has 4 atom stereocenters. The van der Waals surface area contributed by atoms with E-state index >= 15 is 0 Å². The molecule has 0 amide bonds. The molecule has 0 aliphatic carbocycles. The van der Waals surface area contributed by atoms with Crippen LogP contribution in [0.15, 0.2) is 0 Å². The molecular formula is C14H28N2O. The number of ether oxygens (including phenoxy) is 1. The molecule has 3 nitrogen and oxygen atoms in total. The quantitative estimate of drug-likeness (QED) is 0.741. The Balaban J connectivity index is 1.61. The zero-order valence-electron chi connectivity index (χ0n) is 11.6. The maximum Gasteiger partial charge on any atom is 0.0594 e. The summed E-state index contributed by atoms with van der Waals surface area (Å²) < 4.78 is 5.87. The maximum absolute atomic E-state index is 5.87. The third-order valence-corrected chi connectivity index (χ3v) is 4.63.